The van der Waals surface area contributed by atoms with Crippen LogP contribution in [0.3, 0.4) is 0 Å². The summed E-state index contributed by atoms with van der Waals surface area (Å²) >= 11 is 0. The fourth-order valence-electron chi connectivity index (χ4n) is 4.27. The molecular formula is C28H31FNO5P. The highest BCUT2D eigenvalue weighted by atomic mass is 31.2. The van der Waals surface area contributed by atoms with Gasteiger partial charge in [-0.25, -0.2) is 4.39 Å². The maximum atomic E-state index is 14.2. The Labute approximate surface area is 210 Å². The van der Waals surface area contributed by atoms with Crippen molar-refractivity contribution in [3.05, 3.63) is 101 Å². The molecule has 0 aliphatic carbocycles. The highest BCUT2D eigenvalue weighted by Crippen LogP contribution is 2.47. The summed E-state index contributed by atoms with van der Waals surface area (Å²) in [4.78, 5) is 35.0. The molecule has 2 atom stereocenters. The van der Waals surface area contributed by atoms with Crippen molar-refractivity contribution in [2.24, 2.45) is 5.41 Å². The Morgan fingerprint density at radius 3 is 2.39 bits per heavy atom. The van der Waals surface area contributed by atoms with Gasteiger partial charge in [0.05, 0.1) is 12.2 Å². The van der Waals surface area contributed by atoms with E-state index in [1.54, 1.807) is 19.1 Å². The SMILES string of the molecule is Cc1cc(N2C(C(C)(C)C)=C(C=CP(=O)(O)CC(=O)CC(=O)O)C=CC2c2ccccc2)ccc1F. The van der Waals surface area contributed by atoms with Gasteiger partial charge in [-0.05, 0) is 47.9 Å². The number of aliphatic carboxylic acids is 1. The minimum Gasteiger partial charge on any atom is -0.481 e. The van der Waals surface area contributed by atoms with E-state index < -0.39 is 37.1 Å². The second-order valence-corrected chi connectivity index (χ2v) is 12.0. The molecule has 2 N–H and O–H groups in total. The summed E-state index contributed by atoms with van der Waals surface area (Å²) in [6, 6.07) is 14.6. The lowest BCUT2D eigenvalue weighted by molar-refractivity contribution is -0.139. The van der Waals surface area contributed by atoms with Crippen molar-refractivity contribution in [1.82, 2.24) is 0 Å². The molecule has 36 heavy (non-hydrogen) atoms. The summed E-state index contributed by atoms with van der Waals surface area (Å²) in [6.07, 6.45) is 3.81. The predicted octanol–water partition coefficient (Wildman–Crippen LogP) is 6.38. The number of Topliss-reactive ketones (excluding diaryl/α,β-unsaturated/α-hetero) is 1. The third-order valence-corrected chi connectivity index (χ3v) is 7.18. The molecule has 0 saturated heterocycles. The average Bonchev–Trinajstić information content (AvgIpc) is 2.78. The Bertz CT molecular complexity index is 1290. The minimum atomic E-state index is -4.06. The predicted molar refractivity (Wildman–Crippen MR) is 140 cm³/mol. The highest BCUT2D eigenvalue weighted by molar-refractivity contribution is 7.62. The largest absolute Gasteiger partial charge is 0.481 e. The molecule has 8 heteroatoms. The number of hydrogen-bond acceptors (Lipinski definition) is 4. The number of carbonyl (C=O) groups excluding carboxylic acids is 1. The second kappa shape index (κ2) is 10.8. The number of anilines is 1. The number of carboxylic acids is 1. The van der Waals surface area contributed by atoms with E-state index in [4.69, 9.17) is 5.11 Å². The summed E-state index contributed by atoms with van der Waals surface area (Å²) in [7, 11) is -4.06. The van der Waals surface area contributed by atoms with Gasteiger partial charge in [-0.15, -0.1) is 0 Å². The van der Waals surface area contributed by atoms with Gasteiger partial charge in [0.15, 0.2) is 5.78 Å². The number of carbonyl (C=O) groups is 2. The number of rotatable bonds is 8. The number of carboxylic acid groups (broad SMARTS) is 1. The highest BCUT2D eigenvalue weighted by Gasteiger charge is 2.34. The summed E-state index contributed by atoms with van der Waals surface area (Å²) in [5.74, 6) is -1.37. The summed E-state index contributed by atoms with van der Waals surface area (Å²) in [6.45, 7) is 7.77. The number of nitrogens with zero attached hydrogens (tertiary/aromatic N) is 1. The van der Waals surface area contributed by atoms with E-state index in [-0.39, 0.29) is 11.9 Å². The topological polar surface area (TPSA) is 94.9 Å². The number of benzene rings is 2. The van der Waals surface area contributed by atoms with Crippen LogP contribution in [0.1, 0.15) is 44.4 Å². The van der Waals surface area contributed by atoms with Crippen LogP contribution >= 0.6 is 7.37 Å². The Balaban J connectivity index is 2.13. The number of hydrogen-bond donors (Lipinski definition) is 2. The van der Waals surface area contributed by atoms with Crippen LogP contribution in [0.15, 0.2) is 83.8 Å². The fraction of sp³-hybridized carbons (Fsp3) is 0.286. The Morgan fingerprint density at radius 2 is 1.81 bits per heavy atom. The van der Waals surface area contributed by atoms with Gasteiger partial charge in [0.1, 0.15) is 12.2 Å². The van der Waals surface area contributed by atoms with Gasteiger partial charge in [0, 0.05) is 22.6 Å². The molecule has 0 fully saturated rings. The summed E-state index contributed by atoms with van der Waals surface area (Å²) in [5.41, 5.74) is 3.36. The van der Waals surface area contributed by atoms with E-state index >= 15 is 0 Å². The molecule has 3 rings (SSSR count). The van der Waals surface area contributed by atoms with Gasteiger partial charge in [-0.1, -0.05) is 63.3 Å². The Kier molecular flexibility index (Phi) is 8.17. The van der Waals surface area contributed by atoms with Crippen molar-refractivity contribution in [3.8, 4) is 0 Å². The van der Waals surface area contributed by atoms with Crippen molar-refractivity contribution in [2.75, 3.05) is 11.1 Å². The monoisotopic (exact) mass is 511 g/mol. The molecule has 6 nitrogen and oxygen atoms in total. The second-order valence-electron chi connectivity index (χ2n) is 9.91. The van der Waals surface area contributed by atoms with Crippen molar-refractivity contribution in [3.63, 3.8) is 0 Å². The summed E-state index contributed by atoms with van der Waals surface area (Å²) < 4.78 is 26.8. The molecule has 0 saturated carbocycles. The van der Waals surface area contributed by atoms with Crippen LogP contribution in [0.2, 0.25) is 0 Å². The van der Waals surface area contributed by atoms with E-state index in [0.717, 1.165) is 22.8 Å². The molecule has 0 radical (unpaired) electrons. The lowest BCUT2D eigenvalue weighted by atomic mass is 9.83. The van der Waals surface area contributed by atoms with Gasteiger partial charge in [0.2, 0.25) is 7.37 Å². The van der Waals surface area contributed by atoms with E-state index in [1.807, 2.05) is 63.3 Å². The first-order chi connectivity index (χ1) is 16.8. The quantitative estimate of drug-likeness (QED) is 0.316. The standard InChI is InChI=1S/C28H31FNO5P/c1-19-16-22(11-12-24(19)29)30-25(20-8-6-5-7-9-20)13-10-21(27(30)28(2,3)4)14-15-36(34,35)18-23(31)17-26(32)33/h5-16,25H,17-18H2,1-4H3,(H,32,33)(H,34,35). The number of aryl methyl sites for hydroxylation is 1. The van der Waals surface area contributed by atoms with Crippen LogP contribution in [0.25, 0.3) is 0 Å². The molecule has 0 aromatic heterocycles. The van der Waals surface area contributed by atoms with E-state index in [2.05, 4.69) is 4.90 Å². The van der Waals surface area contributed by atoms with E-state index in [1.165, 1.54) is 12.1 Å². The first-order valence-corrected chi connectivity index (χ1v) is 13.5. The molecule has 2 aromatic carbocycles. The maximum Gasteiger partial charge on any atom is 0.310 e. The van der Waals surface area contributed by atoms with Crippen LogP contribution in [-0.2, 0) is 14.2 Å². The van der Waals surface area contributed by atoms with Crippen molar-refractivity contribution in [1.29, 1.82) is 0 Å². The number of halogens is 1. The third kappa shape index (κ3) is 6.68. The van der Waals surface area contributed by atoms with Crippen LogP contribution in [0.4, 0.5) is 10.1 Å². The zero-order valence-corrected chi connectivity index (χ0v) is 21.7. The lowest BCUT2D eigenvalue weighted by Crippen LogP contribution is -2.36. The first kappa shape index (κ1) is 27.3. The smallest absolute Gasteiger partial charge is 0.310 e. The zero-order chi connectivity index (χ0) is 26.7. The maximum absolute atomic E-state index is 14.2. The van der Waals surface area contributed by atoms with Gasteiger partial charge >= 0.3 is 5.97 Å². The number of ketones is 1. The van der Waals surface area contributed by atoms with Crippen LogP contribution in [-0.4, -0.2) is 27.9 Å². The number of allylic oxidation sites excluding steroid dienone is 4. The Morgan fingerprint density at radius 1 is 1.14 bits per heavy atom. The van der Waals surface area contributed by atoms with Crippen molar-refractivity contribution in [2.45, 2.75) is 40.2 Å². The summed E-state index contributed by atoms with van der Waals surface area (Å²) in [5, 5.41) is 8.78. The normalized spacial score (nSPS) is 17.9. The van der Waals surface area contributed by atoms with Gasteiger partial charge in [-0.3, -0.25) is 14.2 Å². The Hall–Kier alpha value is -3.28. The third-order valence-electron chi connectivity index (χ3n) is 5.76. The molecule has 1 heterocycles. The van der Waals surface area contributed by atoms with Crippen molar-refractivity contribution < 1.29 is 28.5 Å². The van der Waals surface area contributed by atoms with E-state index in [0.29, 0.717) is 11.1 Å². The molecule has 0 bridgehead atoms. The van der Waals surface area contributed by atoms with Crippen LogP contribution in [0, 0.1) is 18.2 Å². The van der Waals surface area contributed by atoms with Crippen LogP contribution in [0.5, 0.6) is 0 Å². The van der Waals surface area contributed by atoms with E-state index in [9.17, 15) is 23.4 Å². The van der Waals surface area contributed by atoms with Gasteiger partial charge < -0.3 is 14.9 Å². The molecule has 0 amide bonds. The zero-order valence-electron chi connectivity index (χ0n) is 20.8. The van der Waals surface area contributed by atoms with Crippen LogP contribution < -0.4 is 4.90 Å². The fourth-order valence-corrected chi connectivity index (χ4v) is 5.39. The minimum absolute atomic E-state index is 0.208. The molecule has 2 aromatic rings. The molecular weight excluding hydrogens is 480 g/mol. The average molecular weight is 512 g/mol. The molecule has 0 spiro atoms. The molecule has 190 valence electrons. The molecule has 2 unspecified atom stereocenters. The van der Waals surface area contributed by atoms with Gasteiger partial charge in [0.25, 0.3) is 0 Å². The first-order valence-electron chi connectivity index (χ1n) is 11.6. The lowest BCUT2D eigenvalue weighted by Gasteiger charge is -2.43. The van der Waals surface area contributed by atoms with Gasteiger partial charge in [-0.2, -0.15) is 0 Å². The molecule has 1 aliphatic rings. The van der Waals surface area contributed by atoms with Crippen molar-refractivity contribution >= 4 is 24.8 Å². The molecule has 1 aliphatic heterocycles.